The van der Waals surface area contributed by atoms with Gasteiger partial charge in [-0.05, 0) is 23.8 Å². The standard InChI is InChI=1S/C16H12ClNO6/c17-13-6-10(7-14-15(13)23-5-4-22-14)9-24-16(19)11-2-1-3-12(8-11)18(20)21/h1-3,6-8H,4-5,9H2. The van der Waals surface area contributed by atoms with Crippen LogP contribution in [0.1, 0.15) is 15.9 Å². The number of benzene rings is 2. The summed E-state index contributed by atoms with van der Waals surface area (Å²) >= 11 is 6.11. The highest BCUT2D eigenvalue weighted by Crippen LogP contribution is 2.38. The lowest BCUT2D eigenvalue weighted by Crippen LogP contribution is -2.16. The minimum atomic E-state index is -0.662. The minimum Gasteiger partial charge on any atom is -0.486 e. The van der Waals surface area contributed by atoms with Gasteiger partial charge in [0.05, 0.1) is 15.5 Å². The molecule has 0 fully saturated rings. The molecule has 8 heteroatoms. The Morgan fingerprint density at radius 1 is 1.25 bits per heavy atom. The molecule has 0 spiro atoms. The van der Waals surface area contributed by atoms with Crippen LogP contribution in [0.4, 0.5) is 5.69 Å². The van der Waals surface area contributed by atoms with Crippen molar-refractivity contribution in [2.75, 3.05) is 13.2 Å². The summed E-state index contributed by atoms with van der Waals surface area (Å²) in [6.45, 7) is 0.798. The zero-order valence-electron chi connectivity index (χ0n) is 12.4. The van der Waals surface area contributed by atoms with Gasteiger partial charge in [-0.3, -0.25) is 10.1 Å². The van der Waals surface area contributed by atoms with Gasteiger partial charge < -0.3 is 14.2 Å². The van der Waals surface area contributed by atoms with Gasteiger partial charge in [-0.2, -0.15) is 0 Å². The van der Waals surface area contributed by atoms with E-state index in [0.717, 1.165) is 0 Å². The number of rotatable bonds is 4. The second kappa shape index (κ2) is 6.76. The Balaban J connectivity index is 1.71. The summed E-state index contributed by atoms with van der Waals surface area (Å²) in [4.78, 5) is 22.2. The number of ether oxygens (including phenoxy) is 3. The lowest BCUT2D eigenvalue weighted by atomic mass is 10.2. The Hall–Kier alpha value is -2.80. The third-order valence-electron chi connectivity index (χ3n) is 3.32. The Bertz CT molecular complexity index is 807. The molecule has 1 aliphatic rings. The van der Waals surface area contributed by atoms with Gasteiger partial charge >= 0.3 is 5.97 Å². The van der Waals surface area contributed by atoms with Crippen LogP contribution in [0.2, 0.25) is 5.02 Å². The average Bonchev–Trinajstić information content (AvgIpc) is 2.60. The van der Waals surface area contributed by atoms with Gasteiger partial charge in [0, 0.05) is 12.1 Å². The van der Waals surface area contributed by atoms with Crippen molar-refractivity contribution in [2.45, 2.75) is 6.61 Å². The molecule has 0 saturated carbocycles. The molecular formula is C16H12ClNO6. The predicted molar refractivity (Wildman–Crippen MR) is 84.7 cm³/mol. The van der Waals surface area contributed by atoms with Crippen molar-refractivity contribution in [1.82, 2.24) is 0 Å². The number of carbonyl (C=O) groups excluding carboxylic acids is 1. The first-order valence-electron chi connectivity index (χ1n) is 7.04. The van der Waals surface area contributed by atoms with Crippen molar-refractivity contribution < 1.29 is 23.9 Å². The number of carbonyl (C=O) groups is 1. The fourth-order valence-electron chi connectivity index (χ4n) is 2.23. The molecule has 0 saturated heterocycles. The van der Waals surface area contributed by atoms with E-state index < -0.39 is 10.9 Å². The van der Waals surface area contributed by atoms with Crippen molar-refractivity contribution in [2.24, 2.45) is 0 Å². The van der Waals surface area contributed by atoms with Crippen LogP contribution < -0.4 is 9.47 Å². The van der Waals surface area contributed by atoms with Crippen LogP contribution in [-0.4, -0.2) is 24.1 Å². The molecule has 0 N–H and O–H groups in total. The highest BCUT2D eigenvalue weighted by atomic mass is 35.5. The molecule has 0 aromatic heterocycles. The molecule has 2 aromatic rings. The molecule has 3 rings (SSSR count). The molecule has 0 radical (unpaired) electrons. The van der Waals surface area contributed by atoms with E-state index in [1.54, 1.807) is 12.1 Å². The van der Waals surface area contributed by atoms with Crippen molar-refractivity contribution in [3.63, 3.8) is 0 Å². The van der Waals surface area contributed by atoms with Gasteiger partial charge in [-0.1, -0.05) is 17.7 Å². The molecule has 0 atom stereocenters. The number of non-ortho nitro benzene ring substituents is 1. The largest absolute Gasteiger partial charge is 0.486 e. The second-order valence-electron chi connectivity index (χ2n) is 4.99. The van der Waals surface area contributed by atoms with Crippen LogP contribution in [0.15, 0.2) is 36.4 Å². The van der Waals surface area contributed by atoms with Gasteiger partial charge in [0.2, 0.25) is 0 Å². The van der Waals surface area contributed by atoms with Gasteiger partial charge in [0.1, 0.15) is 19.8 Å². The molecule has 0 aliphatic carbocycles. The Morgan fingerprint density at radius 2 is 2.04 bits per heavy atom. The predicted octanol–water partition coefficient (Wildman–Crippen LogP) is 3.38. The van der Waals surface area contributed by atoms with Crippen molar-refractivity contribution in [3.8, 4) is 11.5 Å². The molecular weight excluding hydrogens is 338 g/mol. The molecule has 0 unspecified atom stereocenters. The summed E-state index contributed by atoms with van der Waals surface area (Å²) in [6, 6.07) is 8.65. The van der Waals surface area contributed by atoms with Crippen LogP contribution in [0.5, 0.6) is 11.5 Å². The van der Waals surface area contributed by atoms with Gasteiger partial charge in [-0.15, -0.1) is 0 Å². The van der Waals surface area contributed by atoms with Gasteiger partial charge in [0.25, 0.3) is 5.69 Å². The zero-order chi connectivity index (χ0) is 17.1. The van der Waals surface area contributed by atoms with Crippen LogP contribution >= 0.6 is 11.6 Å². The number of esters is 1. The van der Waals surface area contributed by atoms with Crippen molar-refractivity contribution >= 4 is 23.3 Å². The highest BCUT2D eigenvalue weighted by Gasteiger charge is 2.18. The van der Waals surface area contributed by atoms with E-state index in [-0.39, 0.29) is 17.9 Å². The molecule has 7 nitrogen and oxygen atoms in total. The molecule has 2 aromatic carbocycles. The SMILES string of the molecule is O=C(OCc1cc(Cl)c2c(c1)OCCO2)c1cccc([N+](=O)[O-])c1. The number of nitrogens with zero attached hydrogens (tertiary/aromatic N) is 1. The Kier molecular flexibility index (Phi) is 4.52. The van der Waals surface area contributed by atoms with Gasteiger partial charge in [0.15, 0.2) is 11.5 Å². The summed E-state index contributed by atoms with van der Waals surface area (Å²) in [6.07, 6.45) is 0. The summed E-state index contributed by atoms with van der Waals surface area (Å²) < 4.78 is 16.0. The zero-order valence-corrected chi connectivity index (χ0v) is 13.1. The smallest absolute Gasteiger partial charge is 0.338 e. The fraction of sp³-hybridized carbons (Fsp3) is 0.188. The van der Waals surface area contributed by atoms with E-state index in [1.807, 2.05) is 0 Å². The summed E-state index contributed by atoms with van der Waals surface area (Å²) in [7, 11) is 0. The van der Waals surface area contributed by atoms with E-state index in [1.165, 1.54) is 24.3 Å². The number of hydrogen-bond acceptors (Lipinski definition) is 6. The van der Waals surface area contributed by atoms with E-state index in [9.17, 15) is 14.9 Å². The summed E-state index contributed by atoms with van der Waals surface area (Å²) in [5.74, 6) is 0.302. The minimum absolute atomic E-state index is 0.0438. The van der Waals surface area contributed by atoms with Gasteiger partial charge in [-0.25, -0.2) is 4.79 Å². The molecule has 1 aliphatic heterocycles. The molecule has 124 valence electrons. The van der Waals surface area contributed by atoms with Crippen LogP contribution in [0, 0.1) is 10.1 Å². The van der Waals surface area contributed by atoms with Crippen molar-refractivity contribution in [1.29, 1.82) is 0 Å². The maximum absolute atomic E-state index is 12.0. The number of nitro groups is 1. The molecule has 24 heavy (non-hydrogen) atoms. The normalized spacial score (nSPS) is 12.5. The van der Waals surface area contributed by atoms with Crippen LogP contribution in [0.25, 0.3) is 0 Å². The number of hydrogen-bond donors (Lipinski definition) is 0. The third kappa shape index (κ3) is 3.41. The maximum atomic E-state index is 12.0. The monoisotopic (exact) mass is 349 g/mol. The Morgan fingerprint density at radius 3 is 2.83 bits per heavy atom. The molecule has 0 amide bonds. The number of nitro benzene ring substituents is 1. The maximum Gasteiger partial charge on any atom is 0.338 e. The van der Waals surface area contributed by atoms with E-state index in [2.05, 4.69) is 0 Å². The topological polar surface area (TPSA) is 87.9 Å². The number of halogens is 1. The number of fused-ring (bicyclic) bond motifs is 1. The van der Waals surface area contributed by atoms with E-state index in [4.69, 9.17) is 25.8 Å². The van der Waals surface area contributed by atoms with Crippen LogP contribution in [-0.2, 0) is 11.3 Å². The van der Waals surface area contributed by atoms with E-state index in [0.29, 0.717) is 35.3 Å². The summed E-state index contributed by atoms with van der Waals surface area (Å²) in [5, 5.41) is 11.1. The van der Waals surface area contributed by atoms with E-state index >= 15 is 0 Å². The fourth-order valence-corrected chi connectivity index (χ4v) is 2.51. The molecule has 0 bridgehead atoms. The average molecular weight is 350 g/mol. The Labute approximate surface area is 141 Å². The quantitative estimate of drug-likeness (QED) is 0.477. The lowest BCUT2D eigenvalue weighted by molar-refractivity contribution is -0.384. The second-order valence-corrected chi connectivity index (χ2v) is 5.39. The van der Waals surface area contributed by atoms with Crippen LogP contribution in [0.3, 0.4) is 0 Å². The summed E-state index contributed by atoms with van der Waals surface area (Å²) in [5.41, 5.74) is 0.558. The third-order valence-corrected chi connectivity index (χ3v) is 3.60. The van der Waals surface area contributed by atoms with Crippen molar-refractivity contribution in [3.05, 3.63) is 62.7 Å². The first-order chi connectivity index (χ1) is 11.5. The lowest BCUT2D eigenvalue weighted by Gasteiger charge is -2.20. The highest BCUT2D eigenvalue weighted by molar-refractivity contribution is 6.32. The first kappa shape index (κ1) is 16.1. The molecule has 1 heterocycles. The first-order valence-corrected chi connectivity index (χ1v) is 7.42.